The molecule has 0 bridgehead atoms. The van der Waals surface area contributed by atoms with E-state index in [-0.39, 0.29) is 6.42 Å². The second-order valence-corrected chi connectivity index (χ2v) is 2.50. The van der Waals surface area contributed by atoms with Crippen molar-refractivity contribution in [2.24, 2.45) is 0 Å². The zero-order valence-corrected chi connectivity index (χ0v) is 6.40. The van der Waals surface area contributed by atoms with E-state index in [1.165, 1.54) is 7.05 Å². The van der Waals surface area contributed by atoms with E-state index in [4.69, 9.17) is 5.11 Å². The van der Waals surface area contributed by atoms with Gasteiger partial charge < -0.3 is 10.4 Å². The molecule has 0 spiro atoms. The van der Waals surface area contributed by atoms with Crippen molar-refractivity contribution >= 4 is 17.9 Å². The Hall–Kier alpha value is -1.59. The zero-order chi connectivity index (χ0) is 9.30. The summed E-state index contributed by atoms with van der Waals surface area (Å²) in [6.07, 6.45) is -0.183. The van der Waals surface area contributed by atoms with Crippen LogP contribution in [0.15, 0.2) is 0 Å². The third-order valence-electron chi connectivity index (χ3n) is 1.65. The van der Waals surface area contributed by atoms with Crippen LogP contribution in [0.1, 0.15) is 6.42 Å². The lowest BCUT2D eigenvalue weighted by Gasteiger charge is -2.25. The lowest BCUT2D eigenvalue weighted by Crippen LogP contribution is -2.55. The van der Waals surface area contributed by atoms with Crippen LogP contribution in [0, 0.1) is 0 Å². The molecule has 1 rings (SSSR count). The monoisotopic (exact) mass is 172 g/mol. The number of carbonyl (C=O) groups excluding carboxylic acids is 2. The Bertz CT molecular complexity index is 232. The fourth-order valence-electron chi connectivity index (χ4n) is 0.871. The van der Waals surface area contributed by atoms with Gasteiger partial charge in [-0.25, -0.2) is 9.59 Å². The molecule has 1 fully saturated rings. The van der Waals surface area contributed by atoms with Crippen LogP contribution in [-0.2, 0) is 9.59 Å². The van der Waals surface area contributed by atoms with Gasteiger partial charge >= 0.3 is 12.0 Å². The molecule has 12 heavy (non-hydrogen) atoms. The van der Waals surface area contributed by atoms with Crippen LogP contribution in [0.4, 0.5) is 4.79 Å². The smallest absolute Gasteiger partial charge is 0.326 e. The Balaban J connectivity index is 2.72. The first-order valence-electron chi connectivity index (χ1n) is 3.32. The molecule has 1 heterocycles. The number of carboxylic acid groups (broad SMARTS) is 1. The second kappa shape index (κ2) is 2.80. The van der Waals surface area contributed by atoms with E-state index in [2.05, 4.69) is 5.32 Å². The van der Waals surface area contributed by atoms with Crippen molar-refractivity contribution in [1.29, 1.82) is 0 Å². The number of hydrogen-bond acceptors (Lipinski definition) is 3. The minimum atomic E-state index is -1.19. The van der Waals surface area contributed by atoms with E-state index in [1.807, 2.05) is 0 Å². The molecular weight excluding hydrogens is 164 g/mol. The number of nitrogens with zero attached hydrogens (tertiary/aromatic N) is 1. The maximum atomic E-state index is 10.9. The Morgan fingerprint density at radius 1 is 1.67 bits per heavy atom. The molecule has 1 aliphatic rings. The first kappa shape index (κ1) is 8.51. The SMILES string of the molecule is CN1C(=O)C[C@H](C(=O)O)NC1=O. The molecule has 1 saturated heterocycles. The summed E-state index contributed by atoms with van der Waals surface area (Å²) in [5.74, 6) is -1.67. The predicted octanol–water partition coefficient (Wildman–Crippen LogP) is -0.989. The summed E-state index contributed by atoms with van der Waals surface area (Å²) in [6, 6.07) is -1.75. The number of carbonyl (C=O) groups is 3. The highest BCUT2D eigenvalue weighted by Crippen LogP contribution is 2.04. The summed E-state index contributed by atoms with van der Waals surface area (Å²) in [7, 11) is 1.30. The second-order valence-electron chi connectivity index (χ2n) is 2.50. The molecule has 0 aromatic heterocycles. The maximum Gasteiger partial charge on any atom is 0.326 e. The Labute approximate surface area is 68.1 Å². The summed E-state index contributed by atoms with van der Waals surface area (Å²) in [4.78, 5) is 33.0. The van der Waals surface area contributed by atoms with E-state index in [0.717, 1.165) is 4.90 Å². The van der Waals surface area contributed by atoms with Gasteiger partial charge in [0.05, 0.1) is 6.42 Å². The van der Waals surface area contributed by atoms with Crippen molar-refractivity contribution in [3.8, 4) is 0 Å². The summed E-state index contributed by atoms with van der Waals surface area (Å²) in [6.45, 7) is 0. The Kier molecular flexibility index (Phi) is 1.99. The molecule has 0 aromatic carbocycles. The molecule has 1 aliphatic heterocycles. The summed E-state index contributed by atoms with van der Waals surface area (Å²) < 4.78 is 0. The molecule has 0 unspecified atom stereocenters. The molecule has 0 radical (unpaired) electrons. The number of aliphatic carboxylic acids is 1. The average Bonchev–Trinajstić information content (AvgIpc) is 1.99. The molecule has 3 amide bonds. The third-order valence-corrected chi connectivity index (χ3v) is 1.65. The maximum absolute atomic E-state index is 10.9. The molecule has 2 N–H and O–H groups in total. The number of hydrogen-bond donors (Lipinski definition) is 2. The van der Waals surface area contributed by atoms with Crippen LogP contribution in [0.5, 0.6) is 0 Å². The first-order chi connectivity index (χ1) is 5.52. The van der Waals surface area contributed by atoms with Crippen molar-refractivity contribution in [2.45, 2.75) is 12.5 Å². The molecule has 6 heteroatoms. The van der Waals surface area contributed by atoms with Crippen LogP contribution >= 0.6 is 0 Å². The number of urea groups is 1. The van der Waals surface area contributed by atoms with Crippen molar-refractivity contribution < 1.29 is 19.5 Å². The average molecular weight is 172 g/mol. The molecule has 0 aromatic rings. The standard InChI is InChI=1S/C6H8N2O4/c1-8-4(9)2-3(5(10)11)7-6(8)12/h3H,2H2,1H3,(H,7,12)(H,10,11)/t3-/m1/s1. The predicted molar refractivity (Wildman–Crippen MR) is 37.3 cm³/mol. The van der Waals surface area contributed by atoms with Gasteiger partial charge in [0, 0.05) is 7.05 Å². The number of nitrogens with one attached hydrogen (secondary N) is 1. The van der Waals surface area contributed by atoms with Crippen molar-refractivity contribution in [3.63, 3.8) is 0 Å². The van der Waals surface area contributed by atoms with Crippen molar-refractivity contribution in [1.82, 2.24) is 10.2 Å². The van der Waals surface area contributed by atoms with Gasteiger partial charge in [-0.15, -0.1) is 0 Å². The van der Waals surface area contributed by atoms with E-state index < -0.39 is 23.9 Å². The van der Waals surface area contributed by atoms with Crippen molar-refractivity contribution in [3.05, 3.63) is 0 Å². The first-order valence-corrected chi connectivity index (χ1v) is 3.32. The van der Waals surface area contributed by atoms with Crippen LogP contribution < -0.4 is 5.32 Å². The molecule has 6 nitrogen and oxygen atoms in total. The van der Waals surface area contributed by atoms with E-state index in [9.17, 15) is 14.4 Å². The lowest BCUT2D eigenvalue weighted by molar-refractivity contribution is -0.143. The van der Waals surface area contributed by atoms with Gasteiger partial charge in [-0.1, -0.05) is 0 Å². The Morgan fingerprint density at radius 2 is 2.25 bits per heavy atom. The van der Waals surface area contributed by atoms with E-state index >= 15 is 0 Å². The van der Waals surface area contributed by atoms with Crippen LogP contribution in [0.3, 0.4) is 0 Å². The third kappa shape index (κ3) is 1.36. The minimum Gasteiger partial charge on any atom is -0.480 e. The fourth-order valence-corrected chi connectivity index (χ4v) is 0.871. The minimum absolute atomic E-state index is 0.183. The summed E-state index contributed by atoms with van der Waals surface area (Å²) in [5.41, 5.74) is 0. The molecular formula is C6H8N2O4. The van der Waals surface area contributed by atoms with E-state index in [1.54, 1.807) is 0 Å². The highest BCUT2D eigenvalue weighted by atomic mass is 16.4. The number of rotatable bonds is 1. The lowest BCUT2D eigenvalue weighted by atomic mass is 10.1. The Morgan fingerprint density at radius 3 is 2.67 bits per heavy atom. The van der Waals surface area contributed by atoms with Gasteiger partial charge in [-0.2, -0.15) is 0 Å². The summed E-state index contributed by atoms with van der Waals surface area (Å²) >= 11 is 0. The molecule has 66 valence electrons. The largest absolute Gasteiger partial charge is 0.480 e. The fraction of sp³-hybridized carbons (Fsp3) is 0.500. The summed E-state index contributed by atoms with van der Waals surface area (Å²) in [5, 5.41) is 10.6. The topological polar surface area (TPSA) is 86.7 Å². The van der Waals surface area contributed by atoms with Gasteiger partial charge in [-0.05, 0) is 0 Å². The highest BCUT2D eigenvalue weighted by molar-refractivity contribution is 6.00. The quantitative estimate of drug-likeness (QED) is 0.531. The normalized spacial score (nSPS) is 23.8. The van der Waals surface area contributed by atoms with E-state index in [0.29, 0.717) is 0 Å². The van der Waals surface area contributed by atoms with Gasteiger partial charge in [0.1, 0.15) is 6.04 Å². The van der Waals surface area contributed by atoms with Crippen LogP contribution in [0.25, 0.3) is 0 Å². The molecule has 0 saturated carbocycles. The number of amides is 3. The van der Waals surface area contributed by atoms with Crippen LogP contribution in [-0.4, -0.2) is 41.0 Å². The highest BCUT2D eigenvalue weighted by Gasteiger charge is 2.32. The number of imide groups is 1. The van der Waals surface area contributed by atoms with Crippen LogP contribution in [0.2, 0.25) is 0 Å². The zero-order valence-electron chi connectivity index (χ0n) is 6.40. The van der Waals surface area contributed by atoms with Gasteiger partial charge in [0.2, 0.25) is 5.91 Å². The number of carboxylic acids is 1. The molecule has 0 aliphatic carbocycles. The van der Waals surface area contributed by atoms with Crippen molar-refractivity contribution in [2.75, 3.05) is 7.05 Å². The van der Waals surface area contributed by atoms with Gasteiger partial charge in [0.15, 0.2) is 0 Å². The van der Waals surface area contributed by atoms with Gasteiger partial charge in [0.25, 0.3) is 0 Å². The van der Waals surface area contributed by atoms with Gasteiger partial charge in [-0.3, -0.25) is 9.69 Å². The molecule has 1 atom stereocenters.